The van der Waals surface area contributed by atoms with Crippen molar-refractivity contribution >= 4 is 33.2 Å². The van der Waals surface area contributed by atoms with Crippen molar-refractivity contribution < 1.29 is 25.8 Å². The third kappa shape index (κ3) is 4.63. The first-order valence-corrected chi connectivity index (χ1v) is 14.1. The molecule has 4 heterocycles. The van der Waals surface area contributed by atoms with Gasteiger partial charge >= 0.3 is 0 Å². The van der Waals surface area contributed by atoms with Gasteiger partial charge < -0.3 is 18.9 Å². The van der Waals surface area contributed by atoms with Crippen molar-refractivity contribution in [2.24, 2.45) is 0 Å². The first-order chi connectivity index (χ1) is 20.9. The average molecular weight is 756 g/mol. The van der Waals surface area contributed by atoms with Gasteiger partial charge in [-0.2, -0.15) is 12.1 Å². The molecule has 0 fully saturated rings. The maximum atomic E-state index is 6.39. The molecular formula is C35H26N7OPt-3. The SMILES string of the molecule is CC(C)(C)c1ccnc(-n2c3[c-]c(Oc4[c-]c(N5[CH-]n6nnnc6-c6ccccc65)ccc4)ccc3c3ccccc32)c1.[Pt]. The molecule has 7 aromatic rings. The van der Waals surface area contributed by atoms with E-state index >= 15 is 0 Å². The third-order valence-corrected chi connectivity index (χ3v) is 7.75. The summed E-state index contributed by atoms with van der Waals surface area (Å²) in [5, 5.41) is 14.4. The van der Waals surface area contributed by atoms with Gasteiger partial charge in [0.15, 0.2) is 0 Å². The number of rotatable bonds is 4. The number of ether oxygens (including phenoxy) is 1. The van der Waals surface area contributed by atoms with Crippen LogP contribution in [-0.2, 0) is 26.5 Å². The minimum absolute atomic E-state index is 0. The molecule has 0 N–H and O–H groups in total. The molecule has 0 saturated carbocycles. The van der Waals surface area contributed by atoms with Gasteiger partial charge in [-0.05, 0) is 58.1 Å². The molecule has 0 saturated heterocycles. The molecule has 0 amide bonds. The molecule has 0 spiro atoms. The normalized spacial score (nSPS) is 12.4. The zero-order chi connectivity index (χ0) is 29.1. The number of hydrogen-bond donors (Lipinski definition) is 0. The van der Waals surface area contributed by atoms with Gasteiger partial charge in [-0.15, -0.1) is 35.7 Å². The average Bonchev–Trinajstić information content (AvgIpc) is 3.63. The van der Waals surface area contributed by atoms with Crippen LogP contribution in [0, 0.1) is 18.8 Å². The molecule has 0 radical (unpaired) electrons. The second kappa shape index (κ2) is 10.6. The largest absolute Gasteiger partial charge is 0.509 e. The van der Waals surface area contributed by atoms with Crippen LogP contribution in [0.3, 0.4) is 0 Å². The second-order valence-electron chi connectivity index (χ2n) is 11.5. The van der Waals surface area contributed by atoms with E-state index in [1.165, 1.54) is 5.56 Å². The van der Waals surface area contributed by atoms with Gasteiger partial charge in [0, 0.05) is 55.8 Å². The van der Waals surface area contributed by atoms with Gasteiger partial charge in [-0.1, -0.05) is 73.6 Å². The zero-order valence-electron chi connectivity index (χ0n) is 24.2. The molecule has 0 bridgehead atoms. The van der Waals surface area contributed by atoms with Crippen LogP contribution in [0.5, 0.6) is 11.5 Å². The Hall–Kier alpha value is -4.94. The summed E-state index contributed by atoms with van der Waals surface area (Å²) in [4.78, 5) is 6.78. The molecule has 4 aromatic carbocycles. The van der Waals surface area contributed by atoms with Gasteiger partial charge in [0.05, 0.1) is 0 Å². The van der Waals surface area contributed by atoms with Gasteiger partial charge in [-0.25, -0.2) is 10.1 Å². The number of benzene rings is 4. The van der Waals surface area contributed by atoms with Crippen LogP contribution >= 0.6 is 0 Å². The fraction of sp³-hybridized carbons (Fsp3) is 0.114. The summed E-state index contributed by atoms with van der Waals surface area (Å²) in [6.45, 7) is 8.48. The van der Waals surface area contributed by atoms with Gasteiger partial charge in [0.1, 0.15) is 5.82 Å². The number of anilines is 2. The van der Waals surface area contributed by atoms with Gasteiger partial charge in [0.2, 0.25) is 0 Å². The zero-order valence-corrected chi connectivity index (χ0v) is 26.4. The van der Waals surface area contributed by atoms with E-state index < -0.39 is 0 Å². The summed E-state index contributed by atoms with van der Waals surface area (Å²) < 4.78 is 10.2. The van der Waals surface area contributed by atoms with Crippen LogP contribution in [0.25, 0.3) is 39.0 Å². The van der Waals surface area contributed by atoms with E-state index in [0.29, 0.717) is 17.3 Å². The molecule has 8 rings (SSSR count). The first-order valence-electron chi connectivity index (χ1n) is 14.1. The van der Waals surface area contributed by atoms with Crippen molar-refractivity contribution in [3.05, 3.63) is 122 Å². The second-order valence-corrected chi connectivity index (χ2v) is 11.5. The van der Waals surface area contributed by atoms with Crippen molar-refractivity contribution in [1.82, 2.24) is 29.8 Å². The predicted molar refractivity (Wildman–Crippen MR) is 167 cm³/mol. The van der Waals surface area contributed by atoms with E-state index in [9.17, 15) is 0 Å². The number of aromatic nitrogens is 6. The van der Waals surface area contributed by atoms with Crippen molar-refractivity contribution in [1.29, 1.82) is 0 Å². The van der Waals surface area contributed by atoms with Crippen molar-refractivity contribution in [3.8, 4) is 28.7 Å². The molecule has 44 heavy (non-hydrogen) atoms. The quantitative estimate of drug-likeness (QED) is 0.172. The molecular weight excluding hydrogens is 730 g/mol. The summed E-state index contributed by atoms with van der Waals surface area (Å²) in [6, 6.07) is 37.5. The Balaban J connectivity index is 0.00000312. The molecule has 1 aliphatic heterocycles. The van der Waals surface area contributed by atoms with Crippen molar-refractivity contribution in [2.45, 2.75) is 26.2 Å². The summed E-state index contributed by atoms with van der Waals surface area (Å²) in [6.07, 6.45) is 1.88. The van der Waals surface area contributed by atoms with E-state index in [1.807, 2.05) is 66.3 Å². The Labute approximate surface area is 269 Å². The fourth-order valence-electron chi connectivity index (χ4n) is 5.62. The van der Waals surface area contributed by atoms with Crippen LogP contribution in [0.4, 0.5) is 11.4 Å². The number of nitrogens with zero attached hydrogens (tertiary/aromatic N) is 7. The van der Waals surface area contributed by atoms with Crippen LogP contribution in [0.15, 0.2) is 97.2 Å². The monoisotopic (exact) mass is 755 g/mol. The standard InChI is InChI=1S/C35H26N7O.Pt/c1-35(2,3)23-17-18-36-33(19-23)42-31-14-7-4-11-27(31)28-16-15-26(21-32(28)42)43-25-10-8-9-24(20-25)40-22-41-34(37-38-39-41)29-12-5-6-13-30(29)40;/h4-19,22H,1-3H3;/q-3;. The molecule has 220 valence electrons. The Kier molecular flexibility index (Phi) is 6.74. The fourth-order valence-corrected chi connectivity index (χ4v) is 5.62. The van der Waals surface area contributed by atoms with Crippen molar-refractivity contribution in [3.63, 3.8) is 0 Å². The van der Waals surface area contributed by atoms with Gasteiger partial charge in [-0.3, -0.25) is 0 Å². The number of tetrazole rings is 1. The number of hydrogen-bond acceptors (Lipinski definition) is 6. The number of para-hydroxylation sites is 2. The molecule has 0 unspecified atom stereocenters. The molecule has 1 aliphatic rings. The number of fused-ring (bicyclic) bond motifs is 6. The third-order valence-electron chi connectivity index (χ3n) is 7.75. The maximum absolute atomic E-state index is 6.39. The topological polar surface area (TPSA) is 73.9 Å². The van der Waals surface area contributed by atoms with Crippen LogP contribution in [0.2, 0.25) is 0 Å². The molecule has 8 nitrogen and oxygen atoms in total. The minimum atomic E-state index is -0.00636. The van der Waals surface area contributed by atoms with E-state index in [2.05, 4.69) is 95.5 Å². The predicted octanol–water partition coefficient (Wildman–Crippen LogP) is 7.64. The van der Waals surface area contributed by atoms with Crippen LogP contribution in [0.1, 0.15) is 26.3 Å². The summed E-state index contributed by atoms with van der Waals surface area (Å²) in [5.41, 5.74) is 5.87. The van der Waals surface area contributed by atoms with Crippen molar-refractivity contribution in [2.75, 3.05) is 4.90 Å². The number of pyridine rings is 1. The van der Waals surface area contributed by atoms with E-state index in [0.717, 1.165) is 44.6 Å². The van der Waals surface area contributed by atoms with Crippen LogP contribution < -0.4 is 9.64 Å². The minimum Gasteiger partial charge on any atom is -0.509 e. The summed E-state index contributed by atoms with van der Waals surface area (Å²) in [7, 11) is 0. The van der Waals surface area contributed by atoms with Crippen LogP contribution in [-0.4, -0.2) is 29.8 Å². The smallest absolute Gasteiger partial charge is 0.135 e. The molecule has 3 aromatic heterocycles. The Bertz CT molecular complexity index is 2160. The van der Waals surface area contributed by atoms with E-state index in [-0.39, 0.29) is 26.5 Å². The van der Waals surface area contributed by atoms with E-state index in [4.69, 9.17) is 9.72 Å². The Morgan fingerprint density at radius 2 is 1.64 bits per heavy atom. The summed E-state index contributed by atoms with van der Waals surface area (Å²) in [5.74, 6) is 2.70. The van der Waals surface area contributed by atoms with Gasteiger partial charge in [0.25, 0.3) is 0 Å². The van der Waals surface area contributed by atoms with E-state index in [1.54, 1.807) is 4.68 Å². The summed E-state index contributed by atoms with van der Waals surface area (Å²) >= 11 is 0. The Morgan fingerprint density at radius 3 is 2.52 bits per heavy atom. The maximum Gasteiger partial charge on any atom is 0.135 e. The Morgan fingerprint density at radius 1 is 0.818 bits per heavy atom. The molecule has 9 heteroatoms. The first kappa shape index (κ1) is 27.9. The molecule has 0 atom stereocenters. The molecule has 0 aliphatic carbocycles.